The van der Waals surface area contributed by atoms with Crippen molar-refractivity contribution in [1.82, 2.24) is 20.6 Å². The monoisotopic (exact) mass is 1150 g/mol. The quantitative estimate of drug-likeness (QED) is 0.00940. The van der Waals surface area contributed by atoms with Crippen molar-refractivity contribution < 1.29 is 61.8 Å². The molecule has 0 heterocycles. The molecule has 440 valence electrons. The lowest BCUT2D eigenvalue weighted by atomic mass is 10.1. The van der Waals surface area contributed by atoms with E-state index in [9.17, 15) is 33.6 Å². The number of nitrogens with zero attached hydrogens (tertiary/aromatic N) is 1. The van der Waals surface area contributed by atoms with Gasteiger partial charge in [-0.15, -0.1) is 0 Å². The number of nitrogens with one attached hydrogen (secondary N) is 3. The van der Waals surface area contributed by atoms with Crippen molar-refractivity contribution in [1.29, 1.82) is 0 Å². The Kier molecular flexibility index (Phi) is 31.9. The van der Waals surface area contributed by atoms with E-state index in [1.54, 1.807) is 16.8 Å². The van der Waals surface area contributed by atoms with Crippen LogP contribution in [0, 0.1) is 0 Å². The van der Waals surface area contributed by atoms with Gasteiger partial charge in [0.05, 0.1) is 15.6 Å². The van der Waals surface area contributed by atoms with Gasteiger partial charge in [0.15, 0.2) is 0 Å². The minimum Gasteiger partial charge on any atom is -0.461 e. The third-order valence-corrected chi connectivity index (χ3v) is 13.8. The summed E-state index contributed by atoms with van der Waals surface area (Å²) < 4.78 is 36.7. The average Bonchev–Trinajstić information content (AvgIpc) is 3.54. The normalized spacial score (nSPS) is 12.2. The maximum Gasteiger partial charge on any atom is 0.328 e. The highest BCUT2D eigenvalue weighted by atomic mass is 31.1. The average molecular weight is 1150 g/mol. The molecule has 0 spiro atoms. The van der Waals surface area contributed by atoms with Crippen LogP contribution in [-0.2, 0) is 94.8 Å². The van der Waals surface area contributed by atoms with E-state index in [1.807, 2.05) is 140 Å². The molecule has 1 unspecified atom stereocenters. The van der Waals surface area contributed by atoms with Crippen LogP contribution in [0.15, 0.2) is 152 Å². The lowest BCUT2D eigenvalue weighted by molar-refractivity contribution is -0.153. The molecule has 4 atom stereocenters. The van der Waals surface area contributed by atoms with Crippen LogP contribution in [0.2, 0.25) is 0 Å². The lowest BCUT2D eigenvalue weighted by Crippen LogP contribution is -2.45. The van der Waals surface area contributed by atoms with E-state index in [1.165, 1.54) is 0 Å². The van der Waals surface area contributed by atoms with Gasteiger partial charge in [0.2, 0.25) is 17.7 Å². The molecule has 0 aliphatic heterocycles. The van der Waals surface area contributed by atoms with Crippen LogP contribution in [0.3, 0.4) is 0 Å². The summed E-state index contributed by atoms with van der Waals surface area (Å²) in [7, 11) is -0.406. The standard InChI is InChI=1S/C63H80N5O13P/c64-40-20-6-18-34-57(69)65-41-21-7-19-35-58(70)67-55(62(74)79-45-51-27-12-3-13-28-51)36-38-59(71)66-54(61(73)78-44-50-25-10-2-11-26-50)33-22-42-76-48-68(82-81-47-53-31-16-5-17-32-53)56(63(75)80-46-52-29-14-4-15-30-52)37-39-60(72)77-43-49-23-8-1-9-24-49/h1-5,8-17,23-32,54-56,82H,6-7,18-22,33-48,64H2,(H,65,69)(H,66,71)(H,67,70)/t54-,55-,56-/m0/s1. The summed E-state index contributed by atoms with van der Waals surface area (Å²) in [6.07, 6.45) is 4.85. The molecule has 0 fully saturated rings. The molecular formula is C63H80N5O13P. The zero-order valence-corrected chi connectivity index (χ0v) is 47.8. The minimum absolute atomic E-state index is 0.000414. The first-order valence-corrected chi connectivity index (χ1v) is 29.0. The van der Waals surface area contributed by atoms with Gasteiger partial charge in [-0.25, -0.2) is 14.3 Å². The Morgan fingerprint density at radius 1 is 0.439 bits per heavy atom. The van der Waals surface area contributed by atoms with Gasteiger partial charge >= 0.3 is 23.9 Å². The van der Waals surface area contributed by atoms with Gasteiger partial charge in [0.25, 0.3) is 0 Å². The number of carbonyl (C=O) groups excluding carboxylic acids is 7. The number of amides is 3. The Bertz CT molecular complexity index is 2620. The molecule has 82 heavy (non-hydrogen) atoms. The largest absolute Gasteiger partial charge is 0.461 e. The molecule has 5 aromatic rings. The Hall–Kier alpha value is -7.34. The second kappa shape index (κ2) is 40.0. The lowest BCUT2D eigenvalue weighted by Gasteiger charge is -2.29. The van der Waals surface area contributed by atoms with Gasteiger partial charge in [-0.1, -0.05) is 165 Å². The van der Waals surface area contributed by atoms with Gasteiger partial charge in [-0.05, 0) is 85.7 Å². The van der Waals surface area contributed by atoms with Crippen LogP contribution in [-0.4, -0.2) is 90.8 Å². The fraction of sp³-hybridized carbons (Fsp3) is 0.413. The van der Waals surface area contributed by atoms with Crippen LogP contribution >= 0.6 is 8.96 Å². The number of nitrogens with two attached hydrogens (primary N) is 1. The number of unbranched alkanes of at least 4 members (excludes halogenated alkanes) is 4. The summed E-state index contributed by atoms with van der Waals surface area (Å²) in [5.74, 6) is -3.48. The van der Waals surface area contributed by atoms with E-state index in [0.717, 1.165) is 47.1 Å². The van der Waals surface area contributed by atoms with Gasteiger partial charge in [0.1, 0.15) is 51.3 Å². The maximum atomic E-state index is 14.0. The number of hydrogen-bond donors (Lipinski definition) is 4. The fourth-order valence-corrected chi connectivity index (χ4v) is 9.17. The molecule has 0 radical (unpaired) electrons. The predicted molar refractivity (Wildman–Crippen MR) is 312 cm³/mol. The number of rotatable bonds is 41. The summed E-state index contributed by atoms with van der Waals surface area (Å²) in [5, 5.41) is 8.45. The van der Waals surface area contributed by atoms with Crippen LogP contribution in [0.1, 0.15) is 118 Å². The Labute approximate surface area is 483 Å². The molecule has 3 amide bonds. The smallest absolute Gasteiger partial charge is 0.328 e. The van der Waals surface area contributed by atoms with Gasteiger partial charge < -0.3 is 49.9 Å². The molecule has 5 rings (SSSR count). The number of esters is 4. The van der Waals surface area contributed by atoms with Crippen molar-refractivity contribution in [3.8, 4) is 0 Å². The Morgan fingerprint density at radius 2 is 0.878 bits per heavy atom. The number of ether oxygens (including phenoxy) is 5. The summed E-state index contributed by atoms with van der Waals surface area (Å²) in [4.78, 5) is 93.6. The molecule has 0 saturated heterocycles. The third-order valence-electron chi connectivity index (χ3n) is 12.9. The van der Waals surface area contributed by atoms with Crippen LogP contribution in [0.25, 0.3) is 0 Å². The molecule has 0 bridgehead atoms. The first-order valence-electron chi connectivity index (χ1n) is 28.2. The maximum absolute atomic E-state index is 14.0. The third kappa shape index (κ3) is 27.9. The summed E-state index contributed by atoms with van der Waals surface area (Å²) in [5.41, 5.74) is 9.52. The SMILES string of the molecule is NCCCCCC(=O)NCCCCCC(=O)N[C@@H](CCC(=O)N[C@@H](CCCOCN(POCc1ccccc1)[C@@H](CCC(=O)OCc1ccccc1)C(=O)OCc1ccccc1)C(=O)OCc1ccccc1)C(=O)OCc1ccccc1. The zero-order chi connectivity index (χ0) is 58.2. The van der Waals surface area contributed by atoms with E-state index < -0.39 is 62.8 Å². The molecular weight excluding hydrogens is 1070 g/mol. The van der Waals surface area contributed by atoms with Gasteiger partial charge in [-0.3, -0.25) is 24.0 Å². The predicted octanol–water partition coefficient (Wildman–Crippen LogP) is 8.84. The molecule has 0 aliphatic carbocycles. The van der Waals surface area contributed by atoms with Crippen molar-refractivity contribution >= 4 is 50.6 Å². The fourth-order valence-electron chi connectivity index (χ4n) is 8.27. The molecule has 0 aliphatic rings. The van der Waals surface area contributed by atoms with E-state index in [-0.39, 0.29) is 97.2 Å². The Morgan fingerprint density at radius 3 is 1.39 bits per heavy atom. The van der Waals surface area contributed by atoms with E-state index in [0.29, 0.717) is 38.8 Å². The second-order valence-electron chi connectivity index (χ2n) is 19.5. The van der Waals surface area contributed by atoms with Crippen LogP contribution in [0.4, 0.5) is 0 Å². The number of hydrogen-bond acceptors (Lipinski definition) is 15. The molecule has 0 saturated carbocycles. The summed E-state index contributed by atoms with van der Waals surface area (Å²) in [6, 6.07) is 42.9. The molecule has 18 nitrogen and oxygen atoms in total. The summed E-state index contributed by atoms with van der Waals surface area (Å²) >= 11 is 0. The minimum atomic E-state index is -1.17. The number of carbonyl (C=O) groups is 7. The van der Waals surface area contributed by atoms with Crippen molar-refractivity contribution in [2.75, 3.05) is 26.4 Å². The van der Waals surface area contributed by atoms with Crippen molar-refractivity contribution in [3.63, 3.8) is 0 Å². The highest BCUT2D eigenvalue weighted by molar-refractivity contribution is 7.29. The second-order valence-corrected chi connectivity index (χ2v) is 20.6. The molecule has 0 aromatic heterocycles. The van der Waals surface area contributed by atoms with Crippen LogP contribution in [0.5, 0.6) is 0 Å². The van der Waals surface area contributed by atoms with Crippen molar-refractivity contribution in [2.45, 2.75) is 141 Å². The number of benzene rings is 5. The van der Waals surface area contributed by atoms with Crippen molar-refractivity contribution in [3.05, 3.63) is 179 Å². The summed E-state index contributed by atoms with van der Waals surface area (Å²) in [6.45, 7) is 1.24. The first-order chi connectivity index (χ1) is 40.1. The topological polar surface area (TPSA) is 240 Å². The Balaban J connectivity index is 1.21. The van der Waals surface area contributed by atoms with E-state index in [4.69, 9.17) is 33.9 Å². The van der Waals surface area contributed by atoms with Crippen LogP contribution < -0.4 is 21.7 Å². The van der Waals surface area contributed by atoms with Gasteiger partial charge in [-0.2, -0.15) is 0 Å². The van der Waals surface area contributed by atoms with Gasteiger partial charge in [0, 0.05) is 38.8 Å². The highest BCUT2D eigenvalue weighted by Gasteiger charge is 2.31. The van der Waals surface area contributed by atoms with Crippen molar-refractivity contribution in [2.24, 2.45) is 5.73 Å². The molecule has 5 N–H and O–H groups in total. The molecule has 19 heteroatoms. The van der Waals surface area contributed by atoms with E-state index in [2.05, 4.69) is 16.0 Å². The first kappa shape index (κ1) is 65.5. The zero-order valence-electron chi connectivity index (χ0n) is 46.8. The molecule has 5 aromatic carbocycles. The highest BCUT2D eigenvalue weighted by Crippen LogP contribution is 2.28. The van der Waals surface area contributed by atoms with E-state index >= 15 is 0 Å².